The summed E-state index contributed by atoms with van der Waals surface area (Å²) in [6.07, 6.45) is 0.490. The minimum Gasteiger partial charge on any atom is -0.497 e. The van der Waals surface area contributed by atoms with Gasteiger partial charge in [-0.05, 0) is 36.1 Å². The average Bonchev–Trinajstić information content (AvgIpc) is 2.44. The quantitative estimate of drug-likeness (QED) is 0.790. The zero-order valence-corrected chi connectivity index (χ0v) is 12.0. The predicted molar refractivity (Wildman–Crippen MR) is 77.3 cm³/mol. The second-order valence-corrected chi connectivity index (χ2v) is 5.02. The number of benzene rings is 1. The van der Waals surface area contributed by atoms with E-state index in [9.17, 15) is 4.79 Å². The smallest absolute Gasteiger partial charge is 0.220 e. The van der Waals surface area contributed by atoms with E-state index in [4.69, 9.17) is 10.5 Å². The van der Waals surface area contributed by atoms with E-state index in [-0.39, 0.29) is 11.8 Å². The number of carbonyl (C=O) groups excluding carboxylic acids is 1. The number of hydrogen-bond donors (Lipinski definition) is 2. The number of amides is 1. The van der Waals surface area contributed by atoms with Gasteiger partial charge in [0.15, 0.2) is 0 Å². The molecule has 106 valence electrons. The van der Waals surface area contributed by atoms with Crippen molar-refractivity contribution in [3.05, 3.63) is 29.8 Å². The van der Waals surface area contributed by atoms with Crippen molar-refractivity contribution >= 4 is 5.91 Å². The van der Waals surface area contributed by atoms with Crippen LogP contribution in [0.15, 0.2) is 24.3 Å². The average molecular weight is 264 g/mol. The van der Waals surface area contributed by atoms with Gasteiger partial charge in [0.1, 0.15) is 5.75 Å². The van der Waals surface area contributed by atoms with E-state index in [1.54, 1.807) is 7.11 Å². The first kappa shape index (κ1) is 15.5. The minimum atomic E-state index is 0.0728. The van der Waals surface area contributed by atoms with E-state index >= 15 is 0 Å². The summed E-state index contributed by atoms with van der Waals surface area (Å²) in [6.45, 7) is 5.31. The fourth-order valence-electron chi connectivity index (χ4n) is 1.77. The van der Waals surface area contributed by atoms with Crippen molar-refractivity contribution in [3.63, 3.8) is 0 Å². The molecule has 0 bridgehead atoms. The van der Waals surface area contributed by atoms with E-state index in [2.05, 4.69) is 5.32 Å². The Morgan fingerprint density at radius 2 is 1.95 bits per heavy atom. The van der Waals surface area contributed by atoms with Crippen LogP contribution < -0.4 is 15.8 Å². The summed E-state index contributed by atoms with van der Waals surface area (Å²) >= 11 is 0. The van der Waals surface area contributed by atoms with Crippen molar-refractivity contribution in [1.82, 2.24) is 5.32 Å². The molecule has 3 N–H and O–H groups in total. The first-order valence-corrected chi connectivity index (χ1v) is 6.67. The zero-order chi connectivity index (χ0) is 14.3. The van der Waals surface area contributed by atoms with Crippen LogP contribution in [0.3, 0.4) is 0 Å². The van der Waals surface area contributed by atoms with Crippen LogP contribution in [0.1, 0.15) is 31.7 Å². The maximum Gasteiger partial charge on any atom is 0.220 e. The monoisotopic (exact) mass is 264 g/mol. The lowest BCUT2D eigenvalue weighted by atomic mass is 9.97. The highest BCUT2D eigenvalue weighted by Gasteiger charge is 2.11. The Labute approximate surface area is 115 Å². The summed E-state index contributed by atoms with van der Waals surface area (Å²) in [6, 6.07) is 7.83. The van der Waals surface area contributed by atoms with Gasteiger partial charge >= 0.3 is 0 Å². The summed E-state index contributed by atoms with van der Waals surface area (Å²) < 4.78 is 5.12. The van der Waals surface area contributed by atoms with Crippen LogP contribution >= 0.6 is 0 Å². The fourth-order valence-corrected chi connectivity index (χ4v) is 1.77. The molecule has 0 aliphatic heterocycles. The predicted octanol–water partition coefficient (Wildman–Crippen LogP) is 1.90. The third-order valence-electron chi connectivity index (χ3n) is 3.23. The summed E-state index contributed by atoms with van der Waals surface area (Å²) in [5, 5.41) is 2.91. The molecule has 2 atom stereocenters. The van der Waals surface area contributed by atoms with Gasteiger partial charge in [-0.3, -0.25) is 4.79 Å². The van der Waals surface area contributed by atoms with Crippen molar-refractivity contribution < 1.29 is 9.53 Å². The van der Waals surface area contributed by atoms with Crippen molar-refractivity contribution in [2.45, 2.75) is 26.2 Å². The van der Waals surface area contributed by atoms with Crippen molar-refractivity contribution in [1.29, 1.82) is 0 Å². The second-order valence-electron chi connectivity index (χ2n) is 5.02. The van der Waals surface area contributed by atoms with Crippen LogP contribution in [0.2, 0.25) is 0 Å². The Bertz CT molecular complexity index is 390. The van der Waals surface area contributed by atoms with Crippen molar-refractivity contribution in [3.8, 4) is 5.75 Å². The lowest BCUT2D eigenvalue weighted by Crippen LogP contribution is -2.31. The highest BCUT2D eigenvalue weighted by molar-refractivity contribution is 5.76. The molecular formula is C15H24N2O2. The molecule has 1 rings (SSSR count). The normalized spacial score (nSPS) is 13.7. The van der Waals surface area contributed by atoms with E-state index in [1.807, 2.05) is 38.1 Å². The maximum atomic E-state index is 11.8. The third-order valence-corrected chi connectivity index (χ3v) is 3.23. The zero-order valence-electron chi connectivity index (χ0n) is 12.0. The van der Waals surface area contributed by atoms with Gasteiger partial charge in [-0.1, -0.05) is 26.0 Å². The minimum absolute atomic E-state index is 0.0728. The molecule has 0 fully saturated rings. The summed E-state index contributed by atoms with van der Waals surface area (Å²) in [7, 11) is 1.64. The fraction of sp³-hybridized carbons (Fsp3) is 0.533. The van der Waals surface area contributed by atoms with Gasteiger partial charge in [0.05, 0.1) is 7.11 Å². The number of ether oxygens (including phenoxy) is 1. The van der Waals surface area contributed by atoms with Crippen LogP contribution in [0.5, 0.6) is 5.75 Å². The van der Waals surface area contributed by atoms with Crippen molar-refractivity contribution in [2.75, 3.05) is 20.2 Å². The largest absolute Gasteiger partial charge is 0.497 e. The van der Waals surface area contributed by atoms with Gasteiger partial charge < -0.3 is 15.8 Å². The van der Waals surface area contributed by atoms with Crippen LogP contribution in [0.25, 0.3) is 0 Å². The molecule has 0 aliphatic rings. The molecule has 1 aromatic rings. The maximum absolute atomic E-state index is 11.8. The van der Waals surface area contributed by atoms with Gasteiger partial charge in [0, 0.05) is 13.0 Å². The van der Waals surface area contributed by atoms with E-state index in [0.29, 0.717) is 25.4 Å². The topological polar surface area (TPSA) is 64.3 Å². The number of carbonyl (C=O) groups is 1. The molecule has 0 saturated heterocycles. The highest BCUT2D eigenvalue weighted by Crippen LogP contribution is 2.21. The van der Waals surface area contributed by atoms with Crippen molar-refractivity contribution in [2.24, 2.45) is 11.7 Å². The molecule has 2 unspecified atom stereocenters. The summed E-state index contributed by atoms with van der Waals surface area (Å²) in [5.41, 5.74) is 6.66. The van der Waals surface area contributed by atoms with Gasteiger partial charge in [-0.25, -0.2) is 0 Å². The molecular weight excluding hydrogens is 240 g/mol. The third kappa shape index (κ3) is 5.30. The molecule has 0 spiro atoms. The van der Waals surface area contributed by atoms with Crippen LogP contribution in [-0.2, 0) is 4.79 Å². The summed E-state index contributed by atoms with van der Waals surface area (Å²) in [5.74, 6) is 1.42. The molecule has 1 aromatic carbocycles. The first-order valence-electron chi connectivity index (χ1n) is 6.67. The Morgan fingerprint density at radius 3 is 2.47 bits per heavy atom. The molecule has 0 aliphatic carbocycles. The Balaban J connectivity index is 2.44. The molecule has 0 radical (unpaired) electrons. The Hall–Kier alpha value is -1.55. The van der Waals surface area contributed by atoms with Crippen LogP contribution in [0.4, 0.5) is 0 Å². The summed E-state index contributed by atoms with van der Waals surface area (Å²) in [4.78, 5) is 11.8. The molecule has 19 heavy (non-hydrogen) atoms. The van der Waals surface area contributed by atoms with Gasteiger partial charge in [-0.15, -0.1) is 0 Å². The van der Waals surface area contributed by atoms with E-state index in [0.717, 1.165) is 11.3 Å². The Kier molecular flexibility index (Phi) is 6.36. The number of hydrogen-bond acceptors (Lipinski definition) is 3. The Morgan fingerprint density at radius 1 is 1.32 bits per heavy atom. The van der Waals surface area contributed by atoms with Crippen LogP contribution in [0, 0.1) is 5.92 Å². The SMILES string of the molecule is COc1ccc(C(C)CC(=O)NCC(C)CN)cc1. The molecule has 0 heterocycles. The highest BCUT2D eigenvalue weighted by atomic mass is 16.5. The molecule has 4 heteroatoms. The lowest BCUT2D eigenvalue weighted by molar-refractivity contribution is -0.121. The second kappa shape index (κ2) is 7.79. The first-order chi connectivity index (χ1) is 9.06. The van der Waals surface area contributed by atoms with Gasteiger partial charge in [-0.2, -0.15) is 0 Å². The number of methoxy groups -OCH3 is 1. The molecule has 0 aromatic heterocycles. The van der Waals surface area contributed by atoms with E-state index in [1.165, 1.54) is 0 Å². The number of nitrogens with two attached hydrogens (primary N) is 1. The molecule has 1 amide bonds. The van der Waals surface area contributed by atoms with Gasteiger partial charge in [0.25, 0.3) is 0 Å². The number of rotatable bonds is 7. The standard InChI is InChI=1S/C15H24N2O2/c1-11(9-16)10-17-15(18)8-12(2)13-4-6-14(19-3)7-5-13/h4-7,11-12H,8-10,16H2,1-3H3,(H,17,18). The lowest BCUT2D eigenvalue weighted by Gasteiger charge is -2.14. The van der Waals surface area contributed by atoms with Crippen LogP contribution in [-0.4, -0.2) is 26.1 Å². The molecule has 0 saturated carbocycles. The molecule has 4 nitrogen and oxygen atoms in total. The number of nitrogens with one attached hydrogen (secondary N) is 1. The van der Waals surface area contributed by atoms with E-state index < -0.39 is 0 Å². The van der Waals surface area contributed by atoms with Gasteiger partial charge in [0.2, 0.25) is 5.91 Å².